The topological polar surface area (TPSA) is 64.8 Å². The molecule has 1 aliphatic heterocycles. The first-order chi connectivity index (χ1) is 10.7. The number of benzene rings is 1. The summed E-state index contributed by atoms with van der Waals surface area (Å²) in [5.41, 5.74) is 6.86. The summed E-state index contributed by atoms with van der Waals surface area (Å²) in [6.07, 6.45) is 0.576. The lowest BCUT2D eigenvalue weighted by atomic mass is 9.93. The normalized spacial score (nSPS) is 19.6. The van der Waals surface area contributed by atoms with Gasteiger partial charge in [0, 0.05) is 19.1 Å². The van der Waals surface area contributed by atoms with Gasteiger partial charge >= 0.3 is 6.09 Å². The van der Waals surface area contributed by atoms with E-state index in [1.165, 1.54) is 0 Å². The van der Waals surface area contributed by atoms with Crippen molar-refractivity contribution in [2.24, 2.45) is 11.7 Å². The summed E-state index contributed by atoms with van der Waals surface area (Å²) in [7, 11) is 1.58. The average molecular weight is 341 g/mol. The molecule has 1 heterocycles. The monoisotopic (exact) mass is 340 g/mol. The number of methoxy groups -OCH3 is 1. The smallest absolute Gasteiger partial charge is 0.410 e. The molecule has 2 rings (SSSR count). The molecule has 128 valence electrons. The number of rotatable bonds is 3. The van der Waals surface area contributed by atoms with Crippen LogP contribution in [-0.4, -0.2) is 36.8 Å². The third kappa shape index (κ3) is 4.52. The van der Waals surface area contributed by atoms with Crippen molar-refractivity contribution in [3.63, 3.8) is 0 Å². The summed E-state index contributed by atoms with van der Waals surface area (Å²) in [5, 5.41) is 0.560. The van der Waals surface area contributed by atoms with Crippen molar-refractivity contribution in [3.8, 4) is 5.75 Å². The SMILES string of the molecule is COc1cc(C(N)C2CCN(C(=O)OC(C)(C)C)C2)ccc1Cl. The summed E-state index contributed by atoms with van der Waals surface area (Å²) in [6, 6.07) is 5.39. The van der Waals surface area contributed by atoms with Crippen LogP contribution in [0.5, 0.6) is 5.75 Å². The fraction of sp³-hybridized carbons (Fsp3) is 0.588. The van der Waals surface area contributed by atoms with Gasteiger partial charge in [0.05, 0.1) is 12.1 Å². The van der Waals surface area contributed by atoms with E-state index in [1.807, 2.05) is 32.9 Å². The molecule has 6 heteroatoms. The maximum Gasteiger partial charge on any atom is 0.410 e. The number of hydrogen-bond acceptors (Lipinski definition) is 4. The van der Waals surface area contributed by atoms with E-state index in [1.54, 1.807) is 18.1 Å². The predicted molar refractivity (Wildman–Crippen MR) is 90.8 cm³/mol. The minimum Gasteiger partial charge on any atom is -0.495 e. The van der Waals surface area contributed by atoms with Crippen molar-refractivity contribution < 1.29 is 14.3 Å². The lowest BCUT2D eigenvalue weighted by Crippen LogP contribution is -2.36. The minimum atomic E-state index is -0.485. The molecular weight excluding hydrogens is 316 g/mol. The van der Waals surface area contributed by atoms with Crippen LogP contribution in [0.15, 0.2) is 18.2 Å². The molecule has 1 amide bonds. The summed E-state index contributed by atoms with van der Waals surface area (Å²) in [6.45, 7) is 6.86. The number of nitrogens with two attached hydrogens (primary N) is 1. The zero-order chi connectivity index (χ0) is 17.2. The van der Waals surface area contributed by atoms with Gasteiger partial charge in [-0.25, -0.2) is 4.79 Å². The fourth-order valence-electron chi connectivity index (χ4n) is 2.73. The number of carbonyl (C=O) groups is 1. The van der Waals surface area contributed by atoms with Crippen LogP contribution in [0.3, 0.4) is 0 Å². The third-order valence-corrected chi connectivity index (χ3v) is 4.26. The molecule has 1 saturated heterocycles. The van der Waals surface area contributed by atoms with Crippen LogP contribution in [0.25, 0.3) is 0 Å². The maximum atomic E-state index is 12.1. The Morgan fingerprint density at radius 2 is 2.13 bits per heavy atom. The predicted octanol–water partition coefficient (Wildman–Crippen LogP) is 3.61. The van der Waals surface area contributed by atoms with Crippen molar-refractivity contribution in [3.05, 3.63) is 28.8 Å². The van der Waals surface area contributed by atoms with E-state index in [0.29, 0.717) is 23.9 Å². The van der Waals surface area contributed by atoms with Gasteiger partial charge in [-0.3, -0.25) is 0 Å². The second-order valence-electron chi connectivity index (χ2n) is 6.89. The molecule has 2 N–H and O–H groups in total. The van der Waals surface area contributed by atoms with Crippen LogP contribution >= 0.6 is 11.6 Å². The molecule has 1 aromatic rings. The molecule has 1 aliphatic rings. The van der Waals surface area contributed by atoms with Crippen molar-refractivity contribution in [2.45, 2.75) is 38.8 Å². The molecule has 0 aliphatic carbocycles. The van der Waals surface area contributed by atoms with Crippen LogP contribution in [0.4, 0.5) is 4.79 Å². The molecule has 1 fully saturated rings. The summed E-state index contributed by atoms with van der Waals surface area (Å²) < 4.78 is 10.7. The van der Waals surface area contributed by atoms with Gasteiger partial charge < -0.3 is 20.1 Å². The van der Waals surface area contributed by atoms with E-state index in [4.69, 9.17) is 26.8 Å². The summed E-state index contributed by atoms with van der Waals surface area (Å²) in [4.78, 5) is 13.9. The van der Waals surface area contributed by atoms with Crippen LogP contribution in [0.1, 0.15) is 38.8 Å². The van der Waals surface area contributed by atoms with Crippen molar-refractivity contribution in [2.75, 3.05) is 20.2 Å². The molecule has 2 atom stereocenters. The molecule has 1 aromatic carbocycles. The summed E-state index contributed by atoms with van der Waals surface area (Å²) >= 11 is 6.05. The number of nitrogens with zero attached hydrogens (tertiary/aromatic N) is 1. The van der Waals surface area contributed by atoms with Crippen molar-refractivity contribution in [1.82, 2.24) is 4.90 Å². The zero-order valence-corrected chi connectivity index (χ0v) is 14.9. The highest BCUT2D eigenvalue weighted by atomic mass is 35.5. The number of hydrogen-bond donors (Lipinski definition) is 1. The third-order valence-electron chi connectivity index (χ3n) is 3.94. The Kier molecular flexibility index (Phi) is 5.42. The largest absolute Gasteiger partial charge is 0.495 e. The summed E-state index contributed by atoms with van der Waals surface area (Å²) in [5.74, 6) is 0.801. The van der Waals surface area contributed by atoms with E-state index in [2.05, 4.69) is 0 Å². The van der Waals surface area contributed by atoms with Crippen LogP contribution in [0.2, 0.25) is 5.02 Å². The first-order valence-electron chi connectivity index (χ1n) is 7.78. The minimum absolute atomic E-state index is 0.173. The first-order valence-corrected chi connectivity index (χ1v) is 8.16. The van der Waals surface area contributed by atoms with Gasteiger partial charge in [0.1, 0.15) is 11.4 Å². The number of carbonyl (C=O) groups excluding carboxylic acids is 1. The fourth-order valence-corrected chi connectivity index (χ4v) is 2.92. The van der Waals surface area contributed by atoms with Gasteiger partial charge in [0.25, 0.3) is 0 Å². The number of amides is 1. The molecule has 0 bridgehead atoms. The number of likely N-dealkylation sites (tertiary alicyclic amines) is 1. The Morgan fingerprint density at radius 3 is 2.74 bits per heavy atom. The van der Waals surface area contributed by atoms with E-state index < -0.39 is 5.60 Å². The van der Waals surface area contributed by atoms with E-state index in [9.17, 15) is 4.79 Å². The van der Waals surface area contributed by atoms with E-state index >= 15 is 0 Å². The molecule has 0 spiro atoms. The Morgan fingerprint density at radius 1 is 1.43 bits per heavy atom. The zero-order valence-electron chi connectivity index (χ0n) is 14.1. The quantitative estimate of drug-likeness (QED) is 0.913. The van der Waals surface area contributed by atoms with E-state index in [0.717, 1.165) is 12.0 Å². The molecular formula is C17H25ClN2O3. The second-order valence-corrected chi connectivity index (χ2v) is 7.30. The molecule has 0 radical (unpaired) electrons. The van der Waals surface area contributed by atoms with Gasteiger partial charge in [-0.1, -0.05) is 17.7 Å². The molecule has 23 heavy (non-hydrogen) atoms. The standard InChI is InChI=1S/C17H25ClN2O3/c1-17(2,3)23-16(21)20-8-7-12(10-20)15(19)11-5-6-13(18)14(9-11)22-4/h5-6,9,12,15H,7-8,10,19H2,1-4H3. The Bertz CT molecular complexity index is 571. The van der Waals surface area contributed by atoms with Crippen molar-refractivity contribution in [1.29, 1.82) is 0 Å². The molecule has 5 nitrogen and oxygen atoms in total. The molecule has 2 unspecified atom stereocenters. The highest BCUT2D eigenvalue weighted by molar-refractivity contribution is 6.32. The maximum absolute atomic E-state index is 12.1. The lowest BCUT2D eigenvalue weighted by molar-refractivity contribution is 0.0286. The lowest BCUT2D eigenvalue weighted by Gasteiger charge is -2.25. The van der Waals surface area contributed by atoms with Gasteiger partial charge in [-0.05, 0) is 50.8 Å². The van der Waals surface area contributed by atoms with Gasteiger partial charge in [-0.15, -0.1) is 0 Å². The molecule has 0 saturated carbocycles. The Labute approximate surface area is 142 Å². The highest BCUT2D eigenvalue weighted by Gasteiger charge is 2.33. The van der Waals surface area contributed by atoms with Crippen molar-refractivity contribution >= 4 is 17.7 Å². The Balaban J connectivity index is 2.02. The van der Waals surface area contributed by atoms with E-state index in [-0.39, 0.29) is 18.1 Å². The van der Waals surface area contributed by atoms with Gasteiger partial charge in [-0.2, -0.15) is 0 Å². The van der Waals surface area contributed by atoms with Gasteiger partial charge in [0.2, 0.25) is 0 Å². The second kappa shape index (κ2) is 6.97. The first kappa shape index (κ1) is 17.9. The van der Waals surface area contributed by atoms with Crippen LogP contribution in [0, 0.1) is 5.92 Å². The van der Waals surface area contributed by atoms with Crippen LogP contribution < -0.4 is 10.5 Å². The van der Waals surface area contributed by atoms with Gasteiger partial charge in [0.15, 0.2) is 0 Å². The highest BCUT2D eigenvalue weighted by Crippen LogP contribution is 2.33. The van der Waals surface area contributed by atoms with Crippen LogP contribution in [-0.2, 0) is 4.74 Å². The average Bonchev–Trinajstić information content (AvgIpc) is 2.95. The number of halogens is 1. The Hall–Kier alpha value is -1.46. The number of ether oxygens (including phenoxy) is 2. The molecule has 0 aromatic heterocycles.